The highest BCUT2D eigenvalue weighted by Crippen LogP contribution is 2.35. The third-order valence-electron chi connectivity index (χ3n) is 4.77. The van der Waals surface area contributed by atoms with Crippen LogP contribution in [-0.4, -0.2) is 16.0 Å². The molecule has 0 radical (unpaired) electrons. The van der Waals surface area contributed by atoms with Gasteiger partial charge in [-0.3, -0.25) is 0 Å². The monoisotopic (exact) mass is 327 g/mol. The zero-order chi connectivity index (χ0) is 16.5. The third kappa shape index (κ3) is 2.75. The van der Waals surface area contributed by atoms with Crippen LogP contribution >= 0.6 is 0 Å². The molecular weight excluding hydrogens is 308 g/mol. The number of aromatic nitrogens is 2. The second kappa shape index (κ2) is 6.23. The first kappa shape index (κ1) is 15.1. The van der Waals surface area contributed by atoms with Crippen LogP contribution in [0.1, 0.15) is 32.1 Å². The molecule has 0 aliphatic heterocycles. The second-order valence-electron chi connectivity index (χ2n) is 6.39. The minimum Gasteiger partial charge on any atom is -0.381 e. The van der Waals surface area contributed by atoms with Gasteiger partial charge in [0.05, 0.1) is 5.69 Å². The number of nitrogens with zero attached hydrogens (tertiary/aromatic N) is 1. The summed E-state index contributed by atoms with van der Waals surface area (Å²) in [4.78, 5) is 7.52. The van der Waals surface area contributed by atoms with E-state index in [1.54, 1.807) is 12.3 Å². The highest BCUT2D eigenvalue weighted by molar-refractivity contribution is 5.98. The van der Waals surface area contributed by atoms with Gasteiger partial charge in [-0.05, 0) is 36.6 Å². The van der Waals surface area contributed by atoms with Crippen LogP contribution in [0.4, 0.5) is 14.5 Å². The SMILES string of the molecule is Fc1ccc(-c2cnc3[nH]ccc3c2NC2CCCCC2)cc1F. The van der Waals surface area contributed by atoms with Crippen molar-refractivity contribution in [3.63, 3.8) is 0 Å². The van der Waals surface area contributed by atoms with E-state index in [-0.39, 0.29) is 0 Å². The quantitative estimate of drug-likeness (QED) is 0.689. The first-order chi connectivity index (χ1) is 11.7. The maximum Gasteiger partial charge on any atom is 0.159 e. The normalized spacial score (nSPS) is 15.8. The number of benzene rings is 1. The number of hydrogen-bond acceptors (Lipinski definition) is 2. The van der Waals surface area contributed by atoms with Crippen LogP contribution in [-0.2, 0) is 0 Å². The van der Waals surface area contributed by atoms with Crippen molar-refractivity contribution in [2.45, 2.75) is 38.1 Å². The molecule has 1 saturated carbocycles. The largest absolute Gasteiger partial charge is 0.381 e. The number of H-pyrrole nitrogens is 1. The number of halogens is 2. The summed E-state index contributed by atoms with van der Waals surface area (Å²) >= 11 is 0. The number of pyridine rings is 1. The van der Waals surface area contributed by atoms with E-state index in [1.807, 2.05) is 12.3 Å². The fraction of sp³-hybridized carbons (Fsp3) is 0.316. The van der Waals surface area contributed by atoms with Gasteiger partial charge in [-0.25, -0.2) is 13.8 Å². The molecule has 2 N–H and O–H groups in total. The Kier molecular flexibility index (Phi) is 3.92. The van der Waals surface area contributed by atoms with Crippen LogP contribution in [0.5, 0.6) is 0 Å². The van der Waals surface area contributed by atoms with Crippen LogP contribution in [0.3, 0.4) is 0 Å². The fourth-order valence-corrected chi connectivity index (χ4v) is 3.50. The fourth-order valence-electron chi connectivity index (χ4n) is 3.50. The predicted octanol–water partition coefficient (Wildman–Crippen LogP) is 5.25. The zero-order valence-electron chi connectivity index (χ0n) is 13.3. The molecule has 24 heavy (non-hydrogen) atoms. The maximum atomic E-state index is 13.7. The molecular formula is C19H19F2N3. The molecule has 1 aromatic carbocycles. The first-order valence-electron chi connectivity index (χ1n) is 8.40. The molecule has 2 heterocycles. The van der Waals surface area contributed by atoms with Gasteiger partial charge in [0.2, 0.25) is 0 Å². The van der Waals surface area contributed by atoms with E-state index in [1.165, 1.54) is 25.3 Å². The topological polar surface area (TPSA) is 40.7 Å². The second-order valence-corrected chi connectivity index (χ2v) is 6.39. The summed E-state index contributed by atoms with van der Waals surface area (Å²) in [6.45, 7) is 0. The van der Waals surface area contributed by atoms with Crippen molar-refractivity contribution in [3.05, 3.63) is 48.3 Å². The number of hydrogen-bond donors (Lipinski definition) is 2. The molecule has 1 fully saturated rings. The maximum absolute atomic E-state index is 13.7. The summed E-state index contributed by atoms with van der Waals surface area (Å²) in [6.07, 6.45) is 9.55. The average Bonchev–Trinajstić information content (AvgIpc) is 3.08. The molecule has 3 nitrogen and oxygen atoms in total. The predicted molar refractivity (Wildman–Crippen MR) is 91.9 cm³/mol. The number of fused-ring (bicyclic) bond motifs is 1. The number of anilines is 1. The minimum atomic E-state index is -0.842. The Labute approximate surface area is 139 Å². The van der Waals surface area contributed by atoms with Gasteiger partial charge < -0.3 is 10.3 Å². The highest BCUT2D eigenvalue weighted by atomic mass is 19.2. The average molecular weight is 327 g/mol. The molecule has 0 atom stereocenters. The summed E-state index contributed by atoms with van der Waals surface area (Å²) in [5, 5.41) is 4.61. The molecule has 2 aromatic heterocycles. The van der Waals surface area contributed by atoms with Crippen LogP contribution in [0.2, 0.25) is 0 Å². The van der Waals surface area contributed by atoms with Gasteiger partial charge in [0.25, 0.3) is 0 Å². The summed E-state index contributed by atoms with van der Waals surface area (Å²) in [5.74, 6) is -1.68. The Bertz CT molecular complexity index is 866. The summed E-state index contributed by atoms with van der Waals surface area (Å²) in [7, 11) is 0. The van der Waals surface area contributed by atoms with Gasteiger partial charge in [-0.15, -0.1) is 0 Å². The van der Waals surface area contributed by atoms with Gasteiger partial charge in [0.15, 0.2) is 11.6 Å². The van der Waals surface area contributed by atoms with Gasteiger partial charge in [0, 0.05) is 29.4 Å². The molecule has 0 unspecified atom stereocenters. The Balaban J connectivity index is 1.81. The van der Waals surface area contributed by atoms with Crippen molar-refractivity contribution in [2.24, 2.45) is 0 Å². The van der Waals surface area contributed by atoms with E-state index in [2.05, 4.69) is 15.3 Å². The van der Waals surface area contributed by atoms with Gasteiger partial charge in [0.1, 0.15) is 5.65 Å². The smallest absolute Gasteiger partial charge is 0.159 e. The summed E-state index contributed by atoms with van der Waals surface area (Å²) in [6, 6.07) is 6.37. The van der Waals surface area contributed by atoms with Crippen molar-refractivity contribution >= 4 is 16.7 Å². The van der Waals surface area contributed by atoms with Gasteiger partial charge >= 0.3 is 0 Å². The van der Waals surface area contributed by atoms with Crippen molar-refractivity contribution in [1.82, 2.24) is 9.97 Å². The van der Waals surface area contributed by atoms with Gasteiger partial charge in [-0.2, -0.15) is 0 Å². The molecule has 0 amide bonds. The van der Waals surface area contributed by atoms with E-state index >= 15 is 0 Å². The van der Waals surface area contributed by atoms with E-state index in [0.29, 0.717) is 11.6 Å². The molecule has 3 aromatic rings. The van der Waals surface area contributed by atoms with Crippen LogP contribution in [0.15, 0.2) is 36.7 Å². The molecule has 1 aliphatic rings. The van der Waals surface area contributed by atoms with E-state index < -0.39 is 11.6 Å². The lowest BCUT2D eigenvalue weighted by atomic mass is 9.94. The lowest BCUT2D eigenvalue weighted by Gasteiger charge is -2.25. The van der Waals surface area contributed by atoms with Crippen LogP contribution in [0.25, 0.3) is 22.2 Å². The molecule has 4 rings (SSSR count). The van der Waals surface area contributed by atoms with Crippen LogP contribution in [0, 0.1) is 11.6 Å². The molecule has 0 saturated heterocycles. The Morgan fingerprint density at radius 1 is 1.04 bits per heavy atom. The lowest BCUT2D eigenvalue weighted by molar-refractivity contribution is 0.463. The first-order valence-corrected chi connectivity index (χ1v) is 8.40. The molecule has 124 valence electrons. The number of rotatable bonds is 3. The number of aromatic amines is 1. The van der Waals surface area contributed by atoms with E-state index in [9.17, 15) is 8.78 Å². The van der Waals surface area contributed by atoms with Crippen molar-refractivity contribution in [2.75, 3.05) is 5.32 Å². The molecule has 1 aliphatic carbocycles. The lowest BCUT2D eigenvalue weighted by Crippen LogP contribution is -2.22. The summed E-state index contributed by atoms with van der Waals surface area (Å²) < 4.78 is 27.0. The van der Waals surface area contributed by atoms with Crippen molar-refractivity contribution in [3.8, 4) is 11.1 Å². The van der Waals surface area contributed by atoms with E-state index in [0.717, 1.165) is 41.2 Å². The zero-order valence-corrected chi connectivity index (χ0v) is 13.3. The Hall–Kier alpha value is -2.43. The molecule has 5 heteroatoms. The minimum absolute atomic E-state index is 0.406. The van der Waals surface area contributed by atoms with E-state index in [4.69, 9.17) is 0 Å². The van der Waals surface area contributed by atoms with Gasteiger partial charge in [-0.1, -0.05) is 25.3 Å². The Morgan fingerprint density at radius 2 is 1.88 bits per heavy atom. The van der Waals surface area contributed by atoms with Crippen molar-refractivity contribution < 1.29 is 8.78 Å². The number of nitrogens with one attached hydrogen (secondary N) is 2. The molecule has 0 bridgehead atoms. The van der Waals surface area contributed by atoms with Crippen LogP contribution < -0.4 is 5.32 Å². The van der Waals surface area contributed by atoms with Crippen molar-refractivity contribution in [1.29, 1.82) is 0 Å². The molecule has 0 spiro atoms. The summed E-state index contributed by atoms with van der Waals surface area (Å²) in [5.41, 5.74) is 3.16. The highest BCUT2D eigenvalue weighted by Gasteiger charge is 2.18. The standard InChI is InChI=1S/C19H19F2N3/c20-16-7-6-12(10-17(16)21)15-11-23-19-14(8-9-22-19)18(15)24-13-4-2-1-3-5-13/h6-11,13H,1-5H2,(H2,22,23,24). The third-order valence-corrected chi connectivity index (χ3v) is 4.77. The Morgan fingerprint density at radius 3 is 2.67 bits per heavy atom.